The predicted molar refractivity (Wildman–Crippen MR) is 115 cm³/mol. The topological polar surface area (TPSA) is 77.0 Å². The highest BCUT2D eigenvalue weighted by molar-refractivity contribution is 6.30. The molecule has 0 atom stereocenters. The minimum absolute atomic E-state index is 0. The van der Waals surface area contributed by atoms with Crippen molar-refractivity contribution in [2.24, 2.45) is 5.73 Å². The summed E-state index contributed by atoms with van der Waals surface area (Å²) < 4.78 is 1.91. The average molecular weight is 447 g/mol. The van der Waals surface area contributed by atoms with E-state index in [1.54, 1.807) is 0 Å². The van der Waals surface area contributed by atoms with E-state index in [0.29, 0.717) is 12.4 Å². The average Bonchev–Trinajstić information content (AvgIpc) is 3.04. The number of hydrogen-bond acceptors (Lipinski definition) is 4. The number of carbonyl (C=O) groups is 1. The van der Waals surface area contributed by atoms with E-state index in [9.17, 15) is 4.79 Å². The first-order chi connectivity index (χ1) is 12.5. The standard InChI is InChI=1S/C19H24ClN5O.2ClH/c1-13-22-23-17-18(26)25(10-9-24(13)17)16-5-7-19(12-21,8-6-16)14-3-2-4-15(20)11-14;;/h2-4,11,16H,5-10,12,21H2,1H3;2*1H/t16-,19+;;. The Balaban J connectivity index is 0.00000140. The van der Waals surface area contributed by atoms with Gasteiger partial charge in [0.05, 0.1) is 0 Å². The summed E-state index contributed by atoms with van der Waals surface area (Å²) >= 11 is 6.19. The molecule has 1 fully saturated rings. The number of halogens is 3. The Hall–Kier alpha value is -1.34. The van der Waals surface area contributed by atoms with Crippen molar-refractivity contribution in [1.29, 1.82) is 0 Å². The van der Waals surface area contributed by atoms with Crippen LogP contribution in [0.25, 0.3) is 0 Å². The molecule has 1 aromatic heterocycles. The van der Waals surface area contributed by atoms with E-state index in [-0.39, 0.29) is 42.2 Å². The molecule has 0 radical (unpaired) electrons. The van der Waals surface area contributed by atoms with Crippen LogP contribution in [-0.2, 0) is 12.0 Å². The van der Waals surface area contributed by atoms with Gasteiger partial charge in [-0.05, 0) is 50.3 Å². The molecule has 0 saturated heterocycles. The zero-order valence-corrected chi connectivity index (χ0v) is 18.2. The lowest BCUT2D eigenvalue weighted by Gasteiger charge is -2.44. The molecule has 2 aliphatic rings. The van der Waals surface area contributed by atoms with Crippen molar-refractivity contribution in [3.05, 3.63) is 46.5 Å². The van der Waals surface area contributed by atoms with Crippen molar-refractivity contribution < 1.29 is 4.79 Å². The Morgan fingerprint density at radius 3 is 2.57 bits per heavy atom. The first-order valence-corrected chi connectivity index (χ1v) is 9.59. The zero-order valence-electron chi connectivity index (χ0n) is 15.8. The van der Waals surface area contributed by atoms with Gasteiger partial charge in [-0.2, -0.15) is 0 Å². The fourth-order valence-electron chi connectivity index (χ4n) is 4.49. The van der Waals surface area contributed by atoms with Crippen LogP contribution in [0, 0.1) is 6.92 Å². The summed E-state index contributed by atoms with van der Waals surface area (Å²) in [5, 5.41) is 8.87. The fourth-order valence-corrected chi connectivity index (χ4v) is 4.68. The second-order valence-electron chi connectivity index (χ2n) is 7.45. The number of fused-ring (bicyclic) bond motifs is 1. The van der Waals surface area contributed by atoms with Crippen LogP contribution in [0.1, 0.15) is 47.7 Å². The Morgan fingerprint density at radius 2 is 1.93 bits per heavy atom. The lowest BCUT2D eigenvalue weighted by molar-refractivity contribution is 0.0521. The Bertz CT molecular complexity index is 833. The van der Waals surface area contributed by atoms with E-state index in [2.05, 4.69) is 16.3 Å². The number of aryl methyl sites for hydroxylation is 1. The third-order valence-electron chi connectivity index (χ3n) is 6.13. The molecule has 2 heterocycles. The molecule has 6 nitrogen and oxygen atoms in total. The number of rotatable bonds is 3. The van der Waals surface area contributed by atoms with Crippen molar-refractivity contribution in [2.45, 2.75) is 50.6 Å². The van der Waals surface area contributed by atoms with Crippen molar-refractivity contribution in [3.63, 3.8) is 0 Å². The largest absolute Gasteiger partial charge is 0.331 e. The van der Waals surface area contributed by atoms with Crippen molar-refractivity contribution in [1.82, 2.24) is 19.7 Å². The minimum Gasteiger partial charge on any atom is -0.331 e. The van der Waals surface area contributed by atoms with E-state index in [0.717, 1.165) is 49.6 Å². The van der Waals surface area contributed by atoms with Gasteiger partial charge in [-0.3, -0.25) is 4.79 Å². The summed E-state index contributed by atoms with van der Waals surface area (Å²) in [4.78, 5) is 14.8. The van der Waals surface area contributed by atoms with Gasteiger partial charge in [-0.1, -0.05) is 23.7 Å². The summed E-state index contributed by atoms with van der Waals surface area (Å²) in [5.74, 6) is 1.28. The summed E-state index contributed by atoms with van der Waals surface area (Å²) in [5.41, 5.74) is 7.36. The molecule has 4 rings (SSSR count). The van der Waals surface area contributed by atoms with Gasteiger partial charge in [0.25, 0.3) is 5.91 Å². The zero-order chi connectivity index (χ0) is 18.3. The highest BCUT2D eigenvalue weighted by Gasteiger charge is 2.40. The summed E-state index contributed by atoms with van der Waals surface area (Å²) in [6.07, 6.45) is 3.82. The lowest BCUT2D eigenvalue weighted by atomic mass is 9.68. The molecule has 0 spiro atoms. The lowest BCUT2D eigenvalue weighted by Crippen LogP contribution is -2.50. The highest BCUT2D eigenvalue weighted by atomic mass is 35.5. The second-order valence-corrected chi connectivity index (χ2v) is 7.88. The SMILES string of the molecule is Cc1nnc2n1CCN([C@H]1CC[C@@](CN)(c3cccc(Cl)c3)CC1)C2=O.Cl.Cl. The van der Waals surface area contributed by atoms with Crippen LogP contribution in [0.4, 0.5) is 0 Å². The monoisotopic (exact) mass is 445 g/mol. The molecular formula is C19H26Cl3N5O. The van der Waals surface area contributed by atoms with Crippen molar-refractivity contribution >= 4 is 42.3 Å². The van der Waals surface area contributed by atoms with Gasteiger partial charge in [0.1, 0.15) is 5.82 Å². The molecule has 1 aromatic carbocycles. The van der Waals surface area contributed by atoms with Crippen LogP contribution in [-0.4, -0.2) is 44.7 Å². The van der Waals surface area contributed by atoms with Gasteiger partial charge < -0.3 is 15.2 Å². The molecule has 1 aliphatic carbocycles. The summed E-state index contributed by atoms with van der Waals surface area (Å²) in [6, 6.07) is 8.28. The number of aromatic nitrogens is 3. The Morgan fingerprint density at radius 1 is 1.21 bits per heavy atom. The van der Waals surface area contributed by atoms with E-state index in [1.165, 1.54) is 5.56 Å². The van der Waals surface area contributed by atoms with Crippen LogP contribution < -0.4 is 5.73 Å². The molecule has 1 saturated carbocycles. The van der Waals surface area contributed by atoms with Crippen molar-refractivity contribution in [3.8, 4) is 0 Å². The van der Waals surface area contributed by atoms with E-state index >= 15 is 0 Å². The number of nitrogens with two attached hydrogens (primary N) is 1. The smallest absolute Gasteiger partial charge is 0.292 e. The number of hydrogen-bond donors (Lipinski definition) is 1. The fraction of sp³-hybridized carbons (Fsp3) is 0.526. The van der Waals surface area contributed by atoms with Crippen LogP contribution in [0.2, 0.25) is 5.02 Å². The number of amides is 1. The molecule has 2 aromatic rings. The summed E-state index contributed by atoms with van der Waals surface area (Å²) in [6.45, 7) is 3.98. The number of benzene rings is 1. The van der Waals surface area contributed by atoms with Crippen LogP contribution in [0.15, 0.2) is 24.3 Å². The predicted octanol–water partition coefficient (Wildman–Crippen LogP) is 3.38. The van der Waals surface area contributed by atoms with Gasteiger partial charge >= 0.3 is 0 Å². The number of carbonyl (C=O) groups excluding carboxylic acids is 1. The Labute approximate surface area is 182 Å². The van der Waals surface area contributed by atoms with Gasteiger partial charge in [-0.25, -0.2) is 0 Å². The van der Waals surface area contributed by atoms with Crippen molar-refractivity contribution in [2.75, 3.05) is 13.1 Å². The summed E-state index contributed by atoms with van der Waals surface area (Å²) in [7, 11) is 0. The quantitative estimate of drug-likeness (QED) is 0.784. The van der Waals surface area contributed by atoms with E-state index in [1.807, 2.05) is 34.6 Å². The molecule has 28 heavy (non-hydrogen) atoms. The Kier molecular flexibility index (Phi) is 7.37. The van der Waals surface area contributed by atoms with Gasteiger partial charge in [0.15, 0.2) is 0 Å². The van der Waals surface area contributed by atoms with Crippen LogP contribution >= 0.6 is 36.4 Å². The molecule has 9 heteroatoms. The van der Waals surface area contributed by atoms with E-state index < -0.39 is 0 Å². The van der Waals surface area contributed by atoms with Crippen LogP contribution in [0.3, 0.4) is 0 Å². The molecular weight excluding hydrogens is 421 g/mol. The van der Waals surface area contributed by atoms with Gasteiger partial charge in [-0.15, -0.1) is 35.0 Å². The third kappa shape index (κ3) is 3.88. The molecule has 154 valence electrons. The second kappa shape index (κ2) is 8.99. The molecule has 0 unspecified atom stereocenters. The first-order valence-electron chi connectivity index (χ1n) is 9.21. The first kappa shape index (κ1) is 22.9. The maximum atomic E-state index is 12.8. The van der Waals surface area contributed by atoms with Gasteiger partial charge in [0.2, 0.25) is 5.82 Å². The normalized spacial score (nSPS) is 24.2. The maximum absolute atomic E-state index is 12.8. The molecule has 0 bridgehead atoms. The molecule has 2 N–H and O–H groups in total. The molecule has 1 aliphatic heterocycles. The minimum atomic E-state index is -0.0448. The van der Waals surface area contributed by atoms with Crippen LogP contribution in [0.5, 0.6) is 0 Å². The van der Waals surface area contributed by atoms with E-state index in [4.69, 9.17) is 17.3 Å². The van der Waals surface area contributed by atoms with Gasteiger partial charge in [0, 0.05) is 36.1 Å². The highest BCUT2D eigenvalue weighted by Crippen LogP contribution is 2.41. The third-order valence-corrected chi connectivity index (χ3v) is 6.37. The number of nitrogens with zero attached hydrogens (tertiary/aromatic N) is 4. The maximum Gasteiger partial charge on any atom is 0.292 e. The molecule has 1 amide bonds.